The molecule has 6 aromatic heterocycles. The fourth-order valence-corrected chi connectivity index (χ4v) is 9.69. The molecule has 0 unspecified atom stereocenters. The first-order valence-corrected chi connectivity index (χ1v) is 20.2. The number of pyridine rings is 1. The van der Waals surface area contributed by atoms with E-state index in [1.54, 1.807) is 11.3 Å². The van der Waals surface area contributed by atoms with Gasteiger partial charge in [-0.2, -0.15) is 0 Å². The number of hydrogen-bond donors (Lipinski definition) is 0. The molecule has 6 heterocycles. The van der Waals surface area contributed by atoms with Crippen molar-refractivity contribution in [3.8, 4) is 0 Å². The van der Waals surface area contributed by atoms with Crippen molar-refractivity contribution in [2.24, 2.45) is 0 Å². The molecule has 8 heteroatoms. The highest BCUT2D eigenvalue weighted by Crippen LogP contribution is 2.46. The van der Waals surface area contributed by atoms with Crippen molar-refractivity contribution < 1.29 is 17.7 Å². The number of hydrogen-bond acceptors (Lipinski definition) is 8. The Morgan fingerprint density at radius 2 is 0.831 bits per heavy atom. The summed E-state index contributed by atoms with van der Waals surface area (Å²) in [5.41, 5.74) is 7.75. The zero-order valence-electron chi connectivity index (χ0n) is 31.1. The molecule has 0 atom stereocenters. The lowest BCUT2D eigenvalue weighted by molar-refractivity contribution is 0.619. The highest BCUT2D eigenvalue weighted by molar-refractivity contribution is 7.25. The van der Waals surface area contributed by atoms with Crippen molar-refractivity contribution in [3.63, 3.8) is 0 Å². The highest BCUT2D eigenvalue weighted by Gasteiger charge is 2.23. The Kier molecular flexibility index (Phi) is 6.76. The molecule has 0 bridgehead atoms. The maximum absolute atomic E-state index is 6.54. The van der Waals surface area contributed by atoms with Crippen molar-refractivity contribution in [2.45, 2.75) is 0 Å². The molecule has 0 N–H and O–H groups in total. The zero-order valence-corrected chi connectivity index (χ0v) is 31.9. The van der Waals surface area contributed by atoms with Crippen molar-refractivity contribution in [3.05, 3.63) is 176 Å². The van der Waals surface area contributed by atoms with Crippen LogP contribution in [-0.4, -0.2) is 4.98 Å². The van der Waals surface area contributed by atoms with Crippen molar-refractivity contribution in [2.75, 3.05) is 9.80 Å². The summed E-state index contributed by atoms with van der Waals surface area (Å²) in [5.74, 6) is 2.12. The Labute approximate surface area is 339 Å². The van der Waals surface area contributed by atoms with E-state index in [9.17, 15) is 0 Å². The Bertz CT molecular complexity index is 3480. The smallest absolute Gasteiger partial charge is 0.206 e. The van der Waals surface area contributed by atoms with E-state index in [0.29, 0.717) is 11.8 Å². The van der Waals surface area contributed by atoms with Gasteiger partial charge in [-0.05, 0) is 66.7 Å². The molecular formula is C51H29N3O4S. The largest absolute Gasteiger partial charge is 0.456 e. The van der Waals surface area contributed by atoms with Gasteiger partial charge < -0.3 is 17.7 Å². The molecule has 59 heavy (non-hydrogen) atoms. The molecular weight excluding hydrogens is 751 g/mol. The van der Waals surface area contributed by atoms with Crippen LogP contribution in [-0.2, 0) is 0 Å². The van der Waals surface area contributed by atoms with Gasteiger partial charge in [0.05, 0.1) is 17.1 Å². The summed E-state index contributed by atoms with van der Waals surface area (Å²) in [6.07, 6.45) is 1.98. The molecule has 7 aromatic carbocycles. The summed E-state index contributed by atoms with van der Waals surface area (Å²) in [6.45, 7) is 0. The second-order valence-corrected chi connectivity index (χ2v) is 15.9. The number of anilines is 6. The SMILES string of the molecule is c1ccc2oc(N(c3ccc4c(c3)oc3ccccc34)c3ccc4c(c3)sc3cc(N(c5ccc6c(c5)oc5ccccc56)c5cc6ccccc6o5)ncc34)cc2c1. The monoisotopic (exact) mass is 779 g/mol. The number of benzene rings is 7. The quantitative estimate of drug-likeness (QED) is 0.166. The van der Waals surface area contributed by atoms with Crippen molar-refractivity contribution in [1.82, 2.24) is 4.98 Å². The lowest BCUT2D eigenvalue weighted by Gasteiger charge is -2.22. The van der Waals surface area contributed by atoms with E-state index in [1.807, 2.05) is 79.0 Å². The zero-order chi connectivity index (χ0) is 38.6. The van der Waals surface area contributed by atoms with Crippen molar-refractivity contribution in [1.29, 1.82) is 0 Å². The Morgan fingerprint density at radius 1 is 0.356 bits per heavy atom. The lowest BCUT2D eigenvalue weighted by Crippen LogP contribution is -2.10. The van der Waals surface area contributed by atoms with Crippen LogP contribution in [0.1, 0.15) is 0 Å². The maximum Gasteiger partial charge on any atom is 0.206 e. The first kappa shape index (κ1) is 32.3. The van der Waals surface area contributed by atoms with E-state index in [4.69, 9.17) is 22.7 Å². The number of thiophene rings is 1. The van der Waals surface area contributed by atoms with E-state index in [0.717, 1.165) is 109 Å². The standard InChI is InChI=1S/C51H29N3O4S/c1-5-13-41-30(9-1)23-50(57-41)53(32-17-20-37-35-11-3-7-15-43(35)55-45(37)25-32)34-19-22-39-40-29-52-49(28-48(40)59-47(39)27-34)54(51-24-31-10-2-6-14-42(31)58-51)33-18-21-38-36-12-4-8-16-44(36)56-46(38)26-33/h1-29H. The van der Waals surface area contributed by atoms with Crippen LogP contribution in [0.4, 0.5) is 34.6 Å². The van der Waals surface area contributed by atoms with Gasteiger partial charge in [-0.3, -0.25) is 9.80 Å². The van der Waals surface area contributed by atoms with Gasteiger partial charge in [0.25, 0.3) is 0 Å². The van der Waals surface area contributed by atoms with E-state index in [-0.39, 0.29) is 0 Å². The number of rotatable bonds is 6. The van der Waals surface area contributed by atoms with Crippen LogP contribution in [0, 0.1) is 0 Å². The van der Waals surface area contributed by atoms with Gasteiger partial charge in [-0.15, -0.1) is 11.3 Å². The van der Waals surface area contributed by atoms with E-state index < -0.39 is 0 Å². The minimum absolute atomic E-state index is 0.666. The van der Waals surface area contributed by atoms with Crippen LogP contribution in [0.3, 0.4) is 0 Å². The molecule has 13 aromatic rings. The molecule has 0 saturated carbocycles. The van der Waals surface area contributed by atoms with E-state index >= 15 is 0 Å². The lowest BCUT2D eigenvalue weighted by atomic mass is 10.1. The molecule has 0 amide bonds. The van der Waals surface area contributed by atoms with Crippen LogP contribution >= 0.6 is 11.3 Å². The molecule has 0 aliphatic rings. The van der Waals surface area contributed by atoms with Crippen LogP contribution in [0.2, 0.25) is 0 Å². The molecule has 0 aliphatic heterocycles. The van der Waals surface area contributed by atoms with Gasteiger partial charge in [0, 0.05) is 83.0 Å². The second kappa shape index (κ2) is 12.3. The third-order valence-electron chi connectivity index (χ3n) is 11.3. The molecule has 0 aliphatic carbocycles. The topological polar surface area (TPSA) is 71.9 Å². The number of fused-ring (bicyclic) bond motifs is 11. The van der Waals surface area contributed by atoms with Gasteiger partial charge in [-0.25, -0.2) is 4.98 Å². The fraction of sp³-hybridized carbons (Fsp3) is 0. The van der Waals surface area contributed by atoms with Gasteiger partial charge in [-0.1, -0.05) is 78.9 Å². The van der Waals surface area contributed by atoms with Gasteiger partial charge >= 0.3 is 0 Å². The average Bonchev–Trinajstić information content (AvgIpc) is 4.10. The Balaban J connectivity index is 0.959. The molecule has 278 valence electrons. The second-order valence-electron chi connectivity index (χ2n) is 14.8. The van der Waals surface area contributed by atoms with Crippen LogP contribution in [0.15, 0.2) is 194 Å². The molecule has 0 radical (unpaired) electrons. The number of aromatic nitrogens is 1. The predicted molar refractivity (Wildman–Crippen MR) is 241 cm³/mol. The fourth-order valence-electron chi connectivity index (χ4n) is 8.55. The average molecular weight is 780 g/mol. The van der Waals surface area contributed by atoms with Crippen LogP contribution in [0.25, 0.3) is 86.0 Å². The third kappa shape index (κ3) is 5.03. The summed E-state index contributed by atoms with van der Waals surface area (Å²) in [7, 11) is 0. The first-order chi connectivity index (χ1) is 29.2. The minimum Gasteiger partial charge on any atom is -0.456 e. The summed E-state index contributed by atoms with van der Waals surface area (Å²) in [5, 5.41) is 8.58. The van der Waals surface area contributed by atoms with Crippen molar-refractivity contribution >= 4 is 132 Å². The summed E-state index contributed by atoms with van der Waals surface area (Å²) in [6, 6.07) is 58.0. The third-order valence-corrected chi connectivity index (χ3v) is 12.4. The van der Waals surface area contributed by atoms with Gasteiger partial charge in [0.15, 0.2) is 0 Å². The summed E-state index contributed by atoms with van der Waals surface area (Å²) < 4.78 is 28.0. The number of nitrogens with zero attached hydrogens (tertiary/aromatic N) is 3. The maximum atomic E-state index is 6.54. The van der Waals surface area contributed by atoms with Crippen LogP contribution < -0.4 is 9.80 Å². The Morgan fingerprint density at radius 3 is 1.44 bits per heavy atom. The number of para-hydroxylation sites is 4. The predicted octanol–water partition coefficient (Wildman–Crippen LogP) is 15.7. The van der Waals surface area contributed by atoms with Crippen LogP contribution in [0.5, 0.6) is 0 Å². The molecule has 7 nitrogen and oxygen atoms in total. The molecule has 0 saturated heterocycles. The first-order valence-electron chi connectivity index (χ1n) is 19.4. The molecule has 13 rings (SSSR count). The van der Waals surface area contributed by atoms with Gasteiger partial charge in [0.1, 0.15) is 39.3 Å². The van der Waals surface area contributed by atoms with Gasteiger partial charge in [0.2, 0.25) is 11.8 Å². The normalized spacial score (nSPS) is 12.1. The molecule has 0 fully saturated rings. The van der Waals surface area contributed by atoms with E-state index in [2.05, 4.69) is 107 Å². The minimum atomic E-state index is 0.666. The summed E-state index contributed by atoms with van der Waals surface area (Å²) in [4.78, 5) is 9.34. The Hall–Kier alpha value is -7.81. The van der Waals surface area contributed by atoms with E-state index in [1.165, 1.54) is 0 Å². The highest BCUT2D eigenvalue weighted by atomic mass is 32.1. The molecule has 0 spiro atoms. The number of furan rings is 4. The summed E-state index contributed by atoms with van der Waals surface area (Å²) >= 11 is 1.74.